The molecule has 0 bridgehead atoms. The monoisotopic (exact) mass is 106 g/mol. The maximum atomic E-state index is 10.00. The van der Waals surface area contributed by atoms with Crippen molar-refractivity contribution in [1.29, 1.82) is 0 Å². The molecule has 1 heterocycles. The second-order valence-corrected chi connectivity index (χ2v) is 1.74. The zero-order valence-corrected chi connectivity index (χ0v) is 3.90. The highest BCUT2D eigenvalue weighted by atomic mass is 32.2. The van der Waals surface area contributed by atoms with Gasteiger partial charge in [-0.3, -0.25) is 0 Å². The Labute approximate surface area is 39.6 Å². The fourth-order valence-electron chi connectivity index (χ4n) is 0.245. The summed E-state index contributed by atoms with van der Waals surface area (Å²) < 4.78 is 5.39. The van der Waals surface area contributed by atoms with Crippen LogP contribution in [0.5, 0.6) is 0 Å². The molecule has 0 aromatic carbocycles. The highest BCUT2D eigenvalue weighted by Crippen LogP contribution is 2.09. The Hall–Kier alpha value is -0.0900. The van der Waals surface area contributed by atoms with Crippen LogP contribution in [0.15, 0.2) is 0 Å². The molecule has 1 aliphatic heterocycles. The van der Waals surface area contributed by atoms with Gasteiger partial charge < -0.3 is 0 Å². The first-order valence-electron chi connectivity index (χ1n) is 1.64. The van der Waals surface area contributed by atoms with Crippen LogP contribution < -0.4 is 0 Å². The SMILES string of the molecule is O=[N+]1CCOS1. The average Bonchev–Trinajstić information content (AvgIpc) is 1.86. The summed E-state index contributed by atoms with van der Waals surface area (Å²) >= 11 is 0.875. The summed E-state index contributed by atoms with van der Waals surface area (Å²) in [7, 11) is 0. The first-order chi connectivity index (χ1) is 2.89. The van der Waals surface area contributed by atoms with Crippen LogP contribution in [0, 0.1) is 4.91 Å². The van der Waals surface area contributed by atoms with Gasteiger partial charge in [0.05, 0.1) is 0 Å². The van der Waals surface area contributed by atoms with Gasteiger partial charge in [0.15, 0.2) is 0 Å². The first kappa shape index (κ1) is 4.08. The zero-order chi connectivity index (χ0) is 4.41. The molecule has 0 aliphatic carbocycles. The summed E-state index contributed by atoms with van der Waals surface area (Å²) in [6.45, 7) is 1.07. The fourth-order valence-corrected chi connectivity index (χ4v) is 0.661. The van der Waals surface area contributed by atoms with E-state index < -0.39 is 0 Å². The van der Waals surface area contributed by atoms with Crippen molar-refractivity contribution in [1.82, 2.24) is 0 Å². The summed E-state index contributed by atoms with van der Waals surface area (Å²) in [5.41, 5.74) is 0. The molecule has 0 radical (unpaired) electrons. The van der Waals surface area contributed by atoms with Gasteiger partial charge in [0.1, 0.15) is 10.8 Å². The maximum Gasteiger partial charge on any atom is 0.388 e. The lowest BCUT2D eigenvalue weighted by atomic mass is 10.8. The normalized spacial score (nSPS) is 22.3. The summed E-state index contributed by atoms with van der Waals surface area (Å²) in [6.07, 6.45) is 0. The molecule has 0 saturated carbocycles. The Morgan fingerprint density at radius 1 is 1.83 bits per heavy atom. The van der Waals surface area contributed by atoms with E-state index >= 15 is 0 Å². The molecule has 3 nitrogen and oxygen atoms in total. The van der Waals surface area contributed by atoms with Gasteiger partial charge >= 0.3 is 12.2 Å². The molecule has 0 aromatic rings. The van der Waals surface area contributed by atoms with E-state index in [1.807, 2.05) is 0 Å². The minimum absolute atomic E-state index is 0.505. The van der Waals surface area contributed by atoms with Crippen molar-refractivity contribution < 1.29 is 8.35 Å². The highest BCUT2D eigenvalue weighted by molar-refractivity contribution is 7.88. The molecule has 0 unspecified atom stereocenters. The first-order valence-corrected chi connectivity index (χ1v) is 2.34. The molecule has 34 valence electrons. The average molecular weight is 106 g/mol. The van der Waals surface area contributed by atoms with E-state index in [0.717, 1.165) is 16.4 Å². The Bertz CT molecular complexity index is 65.9. The number of rotatable bonds is 0. The van der Waals surface area contributed by atoms with Crippen LogP contribution in [0.3, 0.4) is 0 Å². The van der Waals surface area contributed by atoms with E-state index in [1.54, 1.807) is 0 Å². The van der Waals surface area contributed by atoms with Gasteiger partial charge in [-0.25, -0.2) is 4.18 Å². The summed E-state index contributed by atoms with van der Waals surface area (Å²) in [5, 5.41) is 0. The van der Waals surface area contributed by atoms with Crippen molar-refractivity contribution in [3.8, 4) is 0 Å². The molecular weight excluding hydrogens is 102 g/mol. The number of nitroso groups, excluding NO2 is 1. The molecular formula is C2H4NO2S+. The number of nitrogens with zero attached hydrogens (tertiary/aromatic N) is 1. The third kappa shape index (κ3) is 0.693. The van der Waals surface area contributed by atoms with Gasteiger partial charge in [0.2, 0.25) is 6.54 Å². The molecule has 0 amide bonds. The van der Waals surface area contributed by atoms with E-state index in [1.165, 1.54) is 0 Å². The molecule has 0 atom stereocenters. The topological polar surface area (TPSA) is 29.3 Å². The van der Waals surface area contributed by atoms with Crippen molar-refractivity contribution in [3.63, 3.8) is 0 Å². The van der Waals surface area contributed by atoms with E-state index in [2.05, 4.69) is 4.18 Å². The molecule has 0 aromatic heterocycles. The van der Waals surface area contributed by atoms with Gasteiger partial charge in [-0.15, -0.1) is 0 Å². The molecule has 1 aliphatic rings. The molecule has 1 saturated heterocycles. The molecule has 1 rings (SSSR count). The molecule has 4 heteroatoms. The van der Waals surface area contributed by atoms with Gasteiger partial charge in [-0.2, -0.15) is 0 Å². The molecule has 1 fully saturated rings. The van der Waals surface area contributed by atoms with Gasteiger partial charge in [0, 0.05) is 4.91 Å². The predicted molar refractivity (Wildman–Crippen MR) is 22.0 cm³/mol. The van der Waals surface area contributed by atoms with E-state index in [-0.39, 0.29) is 0 Å². The van der Waals surface area contributed by atoms with E-state index in [9.17, 15) is 4.91 Å². The van der Waals surface area contributed by atoms with Crippen LogP contribution in [0.1, 0.15) is 0 Å². The summed E-state index contributed by atoms with van der Waals surface area (Å²) in [4.78, 5) is 10.00. The van der Waals surface area contributed by atoms with Crippen molar-refractivity contribution in [2.45, 2.75) is 0 Å². The molecule has 0 spiro atoms. The smallest absolute Gasteiger partial charge is 0.248 e. The zero-order valence-electron chi connectivity index (χ0n) is 3.09. The third-order valence-electron chi connectivity index (χ3n) is 0.493. The van der Waals surface area contributed by atoms with Crippen LogP contribution in [-0.4, -0.2) is 17.3 Å². The standard InChI is InChI=1S/C2H4NO2S/c4-3-1-2-5-6-3/h1-2H2/q+1. The number of hydrogen-bond acceptors (Lipinski definition) is 3. The van der Waals surface area contributed by atoms with Crippen LogP contribution in [0.25, 0.3) is 0 Å². The van der Waals surface area contributed by atoms with Crippen molar-refractivity contribution in [3.05, 3.63) is 4.91 Å². The van der Waals surface area contributed by atoms with Gasteiger partial charge in [-0.05, 0) is 0 Å². The third-order valence-corrected chi connectivity index (χ3v) is 1.11. The predicted octanol–water partition coefficient (Wildman–Crippen LogP) is 0.359. The Kier molecular flexibility index (Phi) is 1.07. The van der Waals surface area contributed by atoms with Crippen LogP contribution in [0.4, 0.5) is 0 Å². The molecule has 6 heavy (non-hydrogen) atoms. The Balaban J connectivity index is 2.37. The van der Waals surface area contributed by atoms with Crippen LogP contribution >= 0.6 is 12.2 Å². The van der Waals surface area contributed by atoms with E-state index in [4.69, 9.17) is 0 Å². The van der Waals surface area contributed by atoms with Gasteiger partial charge in [-0.1, -0.05) is 0 Å². The van der Waals surface area contributed by atoms with Crippen molar-refractivity contribution in [2.75, 3.05) is 13.2 Å². The fraction of sp³-hybridized carbons (Fsp3) is 1.00. The van der Waals surface area contributed by atoms with Crippen LogP contribution in [-0.2, 0) is 4.18 Å². The van der Waals surface area contributed by atoms with Crippen LogP contribution in [0.2, 0.25) is 0 Å². The Morgan fingerprint density at radius 3 is 2.83 bits per heavy atom. The maximum absolute atomic E-state index is 10.00. The lowest BCUT2D eigenvalue weighted by Crippen LogP contribution is -1.91. The lowest BCUT2D eigenvalue weighted by molar-refractivity contribution is -0.358. The minimum atomic E-state index is 0.505. The summed E-state index contributed by atoms with van der Waals surface area (Å²) in [5.74, 6) is 0. The van der Waals surface area contributed by atoms with Crippen molar-refractivity contribution in [2.24, 2.45) is 0 Å². The Morgan fingerprint density at radius 2 is 2.67 bits per heavy atom. The summed E-state index contributed by atoms with van der Waals surface area (Å²) in [6, 6.07) is 0. The largest absolute Gasteiger partial charge is 0.388 e. The van der Waals surface area contributed by atoms with E-state index in [0.29, 0.717) is 13.2 Å². The number of hydrogen-bond donors (Lipinski definition) is 0. The second kappa shape index (κ2) is 1.57. The second-order valence-electron chi connectivity index (χ2n) is 0.953. The van der Waals surface area contributed by atoms with Crippen molar-refractivity contribution >= 4 is 12.2 Å². The highest BCUT2D eigenvalue weighted by Gasteiger charge is 2.20. The minimum Gasteiger partial charge on any atom is -0.248 e. The quantitative estimate of drug-likeness (QED) is 0.253. The molecule has 0 N–H and O–H groups in total. The lowest BCUT2D eigenvalue weighted by Gasteiger charge is -1.61. The van der Waals surface area contributed by atoms with Gasteiger partial charge in [0.25, 0.3) is 0 Å².